The van der Waals surface area contributed by atoms with Crippen LogP contribution in [0.1, 0.15) is 26.0 Å². The van der Waals surface area contributed by atoms with Gasteiger partial charge < -0.3 is 5.11 Å². The maximum Gasteiger partial charge on any atom is 0.126 e. The van der Waals surface area contributed by atoms with Gasteiger partial charge in [0.15, 0.2) is 0 Å². The Morgan fingerprint density at radius 1 is 1.54 bits per heavy atom. The molecule has 13 heavy (non-hydrogen) atoms. The van der Waals surface area contributed by atoms with Gasteiger partial charge in [0.05, 0.1) is 5.35 Å². The third kappa shape index (κ3) is 2.08. The Bertz CT molecular complexity index is 407. The minimum Gasteiger partial charge on any atom is -0.507 e. The minimum absolute atomic E-state index is 0.322. The summed E-state index contributed by atoms with van der Waals surface area (Å²) in [5, 5.41) is 11.3. The Balaban J connectivity index is 3.59. The van der Waals surface area contributed by atoms with Gasteiger partial charge in [-0.25, -0.2) is 0 Å². The van der Waals surface area contributed by atoms with Crippen LogP contribution in [0, 0.1) is 6.92 Å². The number of hydrogen-bond acceptors (Lipinski definition) is 2. The van der Waals surface area contributed by atoms with Crippen LogP contribution in [0.2, 0.25) is 0 Å². The van der Waals surface area contributed by atoms with Gasteiger partial charge in [0.1, 0.15) is 5.75 Å². The molecular weight excluding hydrogens is 162 g/mol. The molecule has 1 N–H and O–H groups in total. The van der Waals surface area contributed by atoms with Gasteiger partial charge in [0, 0.05) is 17.0 Å². The molecule has 0 amide bonds. The molecule has 0 bridgehead atoms. The standard InChI is InChI=1S/C11H15NO/c1-4-6-9-10(5-2)12-8(3)7-11(9)13/h5-7,13H,4H2,1-3H3/b9-6+,10-5+. The predicted molar refractivity (Wildman–Crippen MR) is 54.8 cm³/mol. The Morgan fingerprint density at radius 3 is 2.77 bits per heavy atom. The zero-order valence-corrected chi connectivity index (χ0v) is 8.33. The Morgan fingerprint density at radius 2 is 2.23 bits per heavy atom. The van der Waals surface area contributed by atoms with Gasteiger partial charge in [-0.3, -0.25) is 4.98 Å². The molecule has 1 heterocycles. The van der Waals surface area contributed by atoms with Crippen molar-refractivity contribution < 1.29 is 5.11 Å². The highest BCUT2D eigenvalue weighted by atomic mass is 16.3. The first kappa shape index (κ1) is 9.78. The first-order chi connectivity index (χ1) is 6.19. The molecule has 0 saturated heterocycles. The molecule has 0 atom stereocenters. The summed E-state index contributed by atoms with van der Waals surface area (Å²) >= 11 is 0. The lowest BCUT2D eigenvalue weighted by molar-refractivity contribution is 0.468. The van der Waals surface area contributed by atoms with Crippen LogP contribution in [0.15, 0.2) is 6.07 Å². The van der Waals surface area contributed by atoms with Gasteiger partial charge >= 0.3 is 0 Å². The van der Waals surface area contributed by atoms with Gasteiger partial charge in [0.25, 0.3) is 0 Å². The van der Waals surface area contributed by atoms with Crippen molar-refractivity contribution in [3.05, 3.63) is 22.3 Å². The average Bonchev–Trinajstić information content (AvgIpc) is 2.09. The summed E-state index contributed by atoms with van der Waals surface area (Å²) in [5.74, 6) is 0.322. The van der Waals surface area contributed by atoms with E-state index in [1.165, 1.54) is 0 Å². The normalized spacial score (nSPS) is 13.8. The molecule has 0 spiro atoms. The van der Waals surface area contributed by atoms with E-state index in [4.69, 9.17) is 0 Å². The average molecular weight is 177 g/mol. The van der Waals surface area contributed by atoms with Crippen LogP contribution in [0.3, 0.4) is 0 Å². The zero-order chi connectivity index (χ0) is 9.84. The van der Waals surface area contributed by atoms with Crippen molar-refractivity contribution in [3.8, 4) is 5.75 Å². The molecule has 1 aromatic heterocycles. The second-order valence-electron chi connectivity index (χ2n) is 2.98. The molecule has 0 aliphatic rings. The lowest BCUT2D eigenvalue weighted by atomic mass is 10.2. The molecule has 2 nitrogen and oxygen atoms in total. The quantitative estimate of drug-likeness (QED) is 0.696. The van der Waals surface area contributed by atoms with Gasteiger partial charge in [0.2, 0.25) is 0 Å². The maximum atomic E-state index is 9.64. The van der Waals surface area contributed by atoms with Gasteiger partial charge in [-0.15, -0.1) is 0 Å². The molecule has 0 saturated carbocycles. The van der Waals surface area contributed by atoms with E-state index < -0.39 is 0 Å². The van der Waals surface area contributed by atoms with Gasteiger partial charge in [-0.05, 0) is 20.3 Å². The molecule has 0 unspecified atom stereocenters. The number of aromatic hydroxyl groups is 1. The number of pyridine rings is 1. The van der Waals surface area contributed by atoms with Crippen LogP contribution >= 0.6 is 0 Å². The predicted octanol–water partition coefficient (Wildman–Crippen LogP) is 1.09. The highest BCUT2D eigenvalue weighted by molar-refractivity contribution is 5.36. The van der Waals surface area contributed by atoms with E-state index in [0.717, 1.165) is 22.7 Å². The molecule has 1 rings (SSSR count). The maximum absolute atomic E-state index is 9.64. The van der Waals surface area contributed by atoms with Crippen molar-refractivity contribution in [2.45, 2.75) is 27.2 Å². The Kier molecular flexibility index (Phi) is 3.07. The number of aryl methyl sites for hydroxylation is 1. The number of nitrogens with zero attached hydrogens (tertiary/aromatic N) is 1. The first-order valence-corrected chi connectivity index (χ1v) is 4.52. The third-order valence-corrected chi connectivity index (χ3v) is 1.88. The molecule has 0 fully saturated rings. The Labute approximate surface area is 78.3 Å². The summed E-state index contributed by atoms with van der Waals surface area (Å²) in [4.78, 5) is 4.32. The third-order valence-electron chi connectivity index (χ3n) is 1.88. The van der Waals surface area contributed by atoms with Crippen molar-refractivity contribution in [2.24, 2.45) is 0 Å². The fourth-order valence-electron chi connectivity index (χ4n) is 1.32. The van der Waals surface area contributed by atoms with E-state index in [-0.39, 0.29) is 0 Å². The summed E-state index contributed by atoms with van der Waals surface area (Å²) in [6.45, 7) is 5.84. The van der Waals surface area contributed by atoms with Crippen LogP contribution in [0.5, 0.6) is 5.75 Å². The van der Waals surface area contributed by atoms with E-state index in [1.54, 1.807) is 6.07 Å². The van der Waals surface area contributed by atoms with Crippen molar-refractivity contribution in [3.63, 3.8) is 0 Å². The number of aromatic nitrogens is 1. The van der Waals surface area contributed by atoms with Crippen molar-refractivity contribution >= 4 is 12.2 Å². The van der Waals surface area contributed by atoms with Gasteiger partial charge in [-0.2, -0.15) is 0 Å². The molecule has 0 aliphatic heterocycles. The summed E-state index contributed by atoms with van der Waals surface area (Å²) in [6, 6.07) is 1.69. The summed E-state index contributed by atoms with van der Waals surface area (Å²) in [5.41, 5.74) is 0.846. The highest BCUT2D eigenvalue weighted by Crippen LogP contribution is 1.98. The molecule has 2 heteroatoms. The number of hydrogen-bond donors (Lipinski definition) is 1. The van der Waals surface area contributed by atoms with Crippen LogP contribution in [0.4, 0.5) is 0 Å². The van der Waals surface area contributed by atoms with E-state index in [2.05, 4.69) is 4.98 Å². The van der Waals surface area contributed by atoms with Gasteiger partial charge in [-0.1, -0.05) is 19.1 Å². The molecule has 0 aliphatic carbocycles. The van der Waals surface area contributed by atoms with E-state index in [0.29, 0.717) is 5.75 Å². The van der Waals surface area contributed by atoms with E-state index in [9.17, 15) is 5.11 Å². The molecule has 0 radical (unpaired) electrons. The molecule has 70 valence electrons. The smallest absolute Gasteiger partial charge is 0.126 e. The second kappa shape index (κ2) is 4.08. The summed E-state index contributed by atoms with van der Waals surface area (Å²) in [7, 11) is 0. The van der Waals surface area contributed by atoms with Crippen LogP contribution in [0.25, 0.3) is 12.2 Å². The lowest BCUT2D eigenvalue weighted by Gasteiger charge is -1.97. The number of rotatable bonds is 1. The lowest BCUT2D eigenvalue weighted by Crippen LogP contribution is -2.28. The molecule has 1 aromatic rings. The fraction of sp³-hybridized carbons (Fsp3) is 0.364. The summed E-state index contributed by atoms with van der Waals surface area (Å²) in [6.07, 6.45) is 4.80. The van der Waals surface area contributed by atoms with Crippen molar-refractivity contribution in [1.82, 2.24) is 4.98 Å². The van der Waals surface area contributed by atoms with Crippen LogP contribution in [-0.2, 0) is 0 Å². The van der Waals surface area contributed by atoms with Crippen LogP contribution < -0.4 is 10.6 Å². The SMILES string of the molecule is C/C=c1/nc(C)cc(O)/c1=C/CC. The molecular formula is C11H15NO. The largest absolute Gasteiger partial charge is 0.507 e. The van der Waals surface area contributed by atoms with E-state index >= 15 is 0 Å². The monoisotopic (exact) mass is 177 g/mol. The highest BCUT2D eigenvalue weighted by Gasteiger charge is 1.95. The second-order valence-corrected chi connectivity index (χ2v) is 2.98. The van der Waals surface area contributed by atoms with Crippen molar-refractivity contribution in [2.75, 3.05) is 0 Å². The minimum atomic E-state index is 0.322. The summed E-state index contributed by atoms with van der Waals surface area (Å²) < 4.78 is 0. The Hall–Kier alpha value is -1.31. The fourth-order valence-corrected chi connectivity index (χ4v) is 1.32. The zero-order valence-electron chi connectivity index (χ0n) is 8.33. The van der Waals surface area contributed by atoms with Crippen LogP contribution in [-0.4, -0.2) is 10.1 Å². The molecule has 0 aromatic carbocycles. The van der Waals surface area contributed by atoms with E-state index in [1.807, 2.05) is 32.9 Å². The first-order valence-electron chi connectivity index (χ1n) is 4.52. The topological polar surface area (TPSA) is 33.1 Å². The van der Waals surface area contributed by atoms with Crippen molar-refractivity contribution in [1.29, 1.82) is 0 Å².